The van der Waals surface area contributed by atoms with Gasteiger partial charge >= 0.3 is 0 Å². The molecule has 1 saturated heterocycles. The average Bonchev–Trinajstić information content (AvgIpc) is 2.90. The highest BCUT2D eigenvalue weighted by atomic mass is 35.5. The molecule has 1 amide bonds. The van der Waals surface area contributed by atoms with Crippen LogP contribution in [0, 0.1) is 0 Å². The minimum absolute atomic E-state index is 0.0102. The summed E-state index contributed by atoms with van der Waals surface area (Å²) in [6, 6.07) is 5.22. The minimum Gasteiger partial charge on any atom is -0.368 e. The van der Waals surface area contributed by atoms with E-state index in [1.165, 1.54) is 0 Å². The van der Waals surface area contributed by atoms with Crippen molar-refractivity contribution in [2.45, 2.75) is 31.9 Å². The summed E-state index contributed by atoms with van der Waals surface area (Å²) in [6.07, 6.45) is 1.43. The molecule has 2 rings (SSSR count). The van der Waals surface area contributed by atoms with Crippen molar-refractivity contribution < 1.29 is 9.53 Å². The molecule has 0 bridgehead atoms. The standard InChI is InChI=1S/C14H17Cl2NO2/c1-9(11-6-5-10(15)8-12(11)16)17(2)14(18)13-4-3-7-19-13/h5-6,8-9,13H,3-4,7H2,1-2H3. The van der Waals surface area contributed by atoms with Crippen molar-refractivity contribution in [2.75, 3.05) is 13.7 Å². The maximum atomic E-state index is 12.3. The van der Waals surface area contributed by atoms with Crippen LogP contribution in [0.5, 0.6) is 0 Å². The van der Waals surface area contributed by atoms with E-state index in [0.29, 0.717) is 16.7 Å². The first-order valence-electron chi connectivity index (χ1n) is 6.34. The van der Waals surface area contributed by atoms with Crippen LogP contribution in [-0.4, -0.2) is 30.6 Å². The summed E-state index contributed by atoms with van der Waals surface area (Å²) in [5, 5.41) is 1.17. The van der Waals surface area contributed by atoms with Gasteiger partial charge < -0.3 is 9.64 Å². The highest BCUT2D eigenvalue weighted by molar-refractivity contribution is 6.35. The Morgan fingerprint density at radius 1 is 1.47 bits per heavy atom. The number of halogens is 2. The van der Waals surface area contributed by atoms with Crippen LogP contribution in [0.15, 0.2) is 18.2 Å². The van der Waals surface area contributed by atoms with E-state index < -0.39 is 0 Å². The van der Waals surface area contributed by atoms with Gasteiger partial charge in [-0.2, -0.15) is 0 Å². The van der Waals surface area contributed by atoms with E-state index in [4.69, 9.17) is 27.9 Å². The quantitative estimate of drug-likeness (QED) is 0.852. The maximum absolute atomic E-state index is 12.3. The molecule has 2 atom stereocenters. The van der Waals surface area contributed by atoms with Crippen molar-refractivity contribution in [3.8, 4) is 0 Å². The van der Waals surface area contributed by atoms with E-state index in [0.717, 1.165) is 18.4 Å². The Balaban J connectivity index is 2.13. The molecule has 0 saturated carbocycles. The lowest BCUT2D eigenvalue weighted by Crippen LogP contribution is -2.37. The van der Waals surface area contributed by atoms with E-state index in [9.17, 15) is 4.79 Å². The van der Waals surface area contributed by atoms with Crippen LogP contribution in [0.3, 0.4) is 0 Å². The Bertz CT molecular complexity index is 473. The van der Waals surface area contributed by atoms with Gasteiger partial charge in [-0.3, -0.25) is 4.79 Å². The maximum Gasteiger partial charge on any atom is 0.251 e. The molecule has 3 nitrogen and oxygen atoms in total. The van der Waals surface area contributed by atoms with Crippen molar-refractivity contribution in [1.82, 2.24) is 4.90 Å². The van der Waals surface area contributed by atoms with Gasteiger partial charge in [0.15, 0.2) is 0 Å². The largest absolute Gasteiger partial charge is 0.368 e. The summed E-state index contributed by atoms with van der Waals surface area (Å²) in [4.78, 5) is 14.0. The lowest BCUT2D eigenvalue weighted by atomic mass is 10.1. The molecule has 2 unspecified atom stereocenters. The van der Waals surface area contributed by atoms with Gasteiger partial charge in [-0.05, 0) is 37.5 Å². The molecule has 1 aromatic carbocycles. The number of nitrogens with zero attached hydrogens (tertiary/aromatic N) is 1. The molecule has 19 heavy (non-hydrogen) atoms. The molecule has 0 aromatic heterocycles. The second-order valence-electron chi connectivity index (χ2n) is 4.79. The number of carbonyl (C=O) groups excluding carboxylic acids is 1. The second-order valence-corrected chi connectivity index (χ2v) is 5.64. The number of hydrogen-bond acceptors (Lipinski definition) is 2. The first-order chi connectivity index (χ1) is 9.00. The molecule has 1 aliphatic rings. The zero-order valence-electron chi connectivity index (χ0n) is 11.0. The zero-order chi connectivity index (χ0) is 14.0. The molecule has 0 radical (unpaired) electrons. The summed E-state index contributed by atoms with van der Waals surface area (Å²) in [5.74, 6) is 0.0102. The Morgan fingerprint density at radius 2 is 2.21 bits per heavy atom. The number of ether oxygens (including phenoxy) is 1. The number of benzene rings is 1. The molecule has 0 aliphatic carbocycles. The van der Waals surface area contributed by atoms with Gasteiger partial charge in [-0.1, -0.05) is 29.3 Å². The van der Waals surface area contributed by atoms with Crippen molar-refractivity contribution >= 4 is 29.1 Å². The van der Waals surface area contributed by atoms with Crippen molar-refractivity contribution in [3.63, 3.8) is 0 Å². The Morgan fingerprint density at radius 3 is 2.79 bits per heavy atom. The minimum atomic E-state index is -0.307. The van der Waals surface area contributed by atoms with Crippen LogP contribution in [0.25, 0.3) is 0 Å². The summed E-state index contributed by atoms with van der Waals surface area (Å²) >= 11 is 12.1. The molecule has 5 heteroatoms. The molecular weight excluding hydrogens is 285 g/mol. The molecule has 1 aromatic rings. The molecule has 1 heterocycles. The highest BCUT2D eigenvalue weighted by Gasteiger charge is 2.29. The van der Waals surface area contributed by atoms with E-state index >= 15 is 0 Å². The van der Waals surface area contributed by atoms with Gasteiger partial charge in [0.2, 0.25) is 0 Å². The zero-order valence-corrected chi connectivity index (χ0v) is 12.5. The van der Waals surface area contributed by atoms with E-state index in [-0.39, 0.29) is 18.1 Å². The number of amides is 1. The van der Waals surface area contributed by atoms with Crippen LogP contribution in [0.4, 0.5) is 0 Å². The SMILES string of the molecule is CC(c1ccc(Cl)cc1Cl)N(C)C(=O)C1CCCO1. The van der Waals surface area contributed by atoms with Crippen LogP contribution < -0.4 is 0 Å². The van der Waals surface area contributed by atoms with Crippen LogP contribution >= 0.6 is 23.2 Å². The fourth-order valence-electron chi connectivity index (χ4n) is 2.24. The van der Waals surface area contributed by atoms with Gasteiger partial charge in [0.05, 0.1) is 6.04 Å². The third-order valence-electron chi connectivity index (χ3n) is 3.55. The van der Waals surface area contributed by atoms with Crippen molar-refractivity contribution in [2.24, 2.45) is 0 Å². The number of carbonyl (C=O) groups is 1. The van der Waals surface area contributed by atoms with Gasteiger partial charge in [0, 0.05) is 23.7 Å². The first-order valence-corrected chi connectivity index (χ1v) is 7.09. The van der Waals surface area contributed by atoms with Gasteiger partial charge in [0.25, 0.3) is 5.91 Å². The van der Waals surface area contributed by atoms with Crippen molar-refractivity contribution in [1.29, 1.82) is 0 Å². The normalized spacial score (nSPS) is 20.3. The Hall–Kier alpha value is -0.770. The van der Waals surface area contributed by atoms with E-state index in [2.05, 4.69) is 0 Å². The van der Waals surface area contributed by atoms with Crippen molar-refractivity contribution in [3.05, 3.63) is 33.8 Å². The first kappa shape index (κ1) is 14.6. The Kier molecular flexibility index (Phi) is 4.71. The average molecular weight is 302 g/mol. The molecule has 104 valence electrons. The van der Waals surface area contributed by atoms with Crippen LogP contribution in [0.1, 0.15) is 31.4 Å². The van der Waals surface area contributed by atoms with E-state index in [1.807, 2.05) is 13.0 Å². The van der Waals surface area contributed by atoms with Gasteiger partial charge in [-0.15, -0.1) is 0 Å². The predicted octanol–water partition coefficient (Wildman–Crippen LogP) is 3.69. The smallest absolute Gasteiger partial charge is 0.251 e. The lowest BCUT2D eigenvalue weighted by molar-refractivity contribution is -0.141. The summed E-state index contributed by atoms with van der Waals surface area (Å²) in [7, 11) is 1.78. The van der Waals surface area contributed by atoms with Crippen LogP contribution in [-0.2, 0) is 9.53 Å². The number of likely N-dealkylation sites (N-methyl/N-ethyl adjacent to an activating group) is 1. The van der Waals surface area contributed by atoms with Crippen LogP contribution in [0.2, 0.25) is 10.0 Å². The summed E-state index contributed by atoms with van der Waals surface area (Å²) < 4.78 is 5.43. The Labute approximate surface area is 123 Å². The monoisotopic (exact) mass is 301 g/mol. The lowest BCUT2D eigenvalue weighted by Gasteiger charge is -2.28. The third kappa shape index (κ3) is 3.22. The molecule has 0 spiro atoms. The van der Waals surface area contributed by atoms with Gasteiger partial charge in [-0.25, -0.2) is 0 Å². The summed E-state index contributed by atoms with van der Waals surface area (Å²) in [5.41, 5.74) is 0.889. The fraction of sp³-hybridized carbons (Fsp3) is 0.500. The predicted molar refractivity (Wildman–Crippen MR) is 76.6 cm³/mol. The highest BCUT2D eigenvalue weighted by Crippen LogP contribution is 2.30. The molecule has 1 fully saturated rings. The molecule has 0 N–H and O–H groups in total. The molecule has 1 aliphatic heterocycles. The van der Waals surface area contributed by atoms with E-state index in [1.54, 1.807) is 24.1 Å². The third-order valence-corrected chi connectivity index (χ3v) is 4.11. The summed E-state index contributed by atoms with van der Waals surface area (Å²) in [6.45, 7) is 2.61. The molecular formula is C14H17Cl2NO2. The van der Waals surface area contributed by atoms with Gasteiger partial charge in [0.1, 0.15) is 6.10 Å². The number of rotatable bonds is 3. The fourth-order valence-corrected chi connectivity index (χ4v) is 2.81. The topological polar surface area (TPSA) is 29.5 Å². The number of hydrogen-bond donors (Lipinski definition) is 0. The second kappa shape index (κ2) is 6.12.